The van der Waals surface area contributed by atoms with Gasteiger partial charge in [-0.15, -0.1) is 5.11 Å². The van der Waals surface area contributed by atoms with Gasteiger partial charge < -0.3 is 10.2 Å². The van der Waals surface area contributed by atoms with E-state index in [0.717, 1.165) is 54.0 Å². The molecule has 0 radical (unpaired) electrons. The van der Waals surface area contributed by atoms with Crippen molar-refractivity contribution in [2.45, 2.75) is 13.8 Å². The van der Waals surface area contributed by atoms with Gasteiger partial charge in [0.1, 0.15) is 0 Å². The topological polar surface area (TPSA) is 40.0 Å². The molecule has 0 aromatic heterocycles. The molecular formula is C22H25ClN4. The summed E-state index contributed by atoms with van der Waals surface area (Å²) in [6.07, 6.45) is 0. The van der Waals surface area contributed by atoms with Crippen LogP contribution in [0.15, 0.2) is 70.9 Å². The first kappa shape index (κ1) is 19.3. The van der Waals surface area contributed by atoms with Gasteiger partial charge in [0.2, 0.25) is 0 Å². The van der Waals surface area contributed by atoms with Gasteiger partial charge >= 0.3 is 0 Å². The molecule has 0 aliphatic rings. The summed E-state index contributed by atoms with van der Waals surface area (Å²) < 4.78 is 0. The molecule has 0 heterocycles. The van der Waals surface area contributed by atoms with Gasteiger partial charge in [-0.2, -0.15) is 5.11 Å². The van der Waals surface area contributed by atoms with Crippen molar-refractivity contribution in [3.63, 3.8) is 0 Å². The van der Waals surface area contributed by atoms with E-state index in [1.54, 1.807) is 6.07 Å². The van der Waals surface area contributed by atoms with E-state index in [2.05, 4.69) is 58.6 Å². The van der Waals surface area contributed by atoms with Crippen LogP contribution in [0.25, 0.3) is 10.8 Å². The Kier molecular flexibility index (Phi) is 6.80. The highest BCUT2D eigenvalue weighted by atomic mass is 35.5. The number of halogens is 1. The lowest BCUT2D eigenvalue weighted by atomic mass is 10.1. The number of nitrogens with one attached hydrogen (secondary N) is 1. The predicted molar refractivity (Wildman–Crippen MR) is 116 cm³/mol. The maximum Gasteiger partial charge on any atom is 0.0936 e. The first-order chi connectivity index (χ1) is 13.2. The Labute approximate surface area is 165 Å². The van der Waals surface area contributed by atoms with Crippen LogP contribution in [0.4, 0.5) is 17.1 Å². The summed E-state index contributed by atoms with van der Waals surface area (Å²) in [7, 11) is 0. The zero-order chi connectivity index (χ0) is 19.1. The maximum atomic E-state index is 6.02. The minimum atomic E-state index is 0.657. The molecule has 3 aromatic carbocycles. The minimum absolute atomic E-state index is 0.657. The number of hydrogen-bond donors (Lipinski definition) is 1. The van der Waals surface area contributed by atoms with Crippen LogP contribution in [-0.2, 0) is 0 Å². The number of azo groups is 1. The number of anilines is 1. The van der Waals surface area contributed by atoms with Gasteiger partial charge in [-0.1, -0.05) is 55.8 Å². The van der Waals surface area contributed by atoms with E-state index >= 15 is 0 Å². The van der Waals surface area contributed by atoms with Crippen LogP contribution >= 0.6 is 11.6 Å². The molecule has 0 fully saturated rings. The van der Waals surface area contributed by atoms with Crippen LogP contribution in [-0.4, -0.2) is 31.1 Å². The average Bonchev–Trinajstić information content (AvgIpc) is 2.70. The molecule has 3 aromatic rings. The van der Waals surface area contributed by atoms with Crippen molar-refractivity contribution in [1.29, 1.82) is 0 Å². The van der Waals surface area contributed by atoms with Crippen molar-refractivity contribution in [1.82, 2.24) is 4.90 Å². The van der Waals surface area contributed by atoms with Gasteiger partial charge in [-0.3, -0.25) is 0 Å². The molecule has 0 atom stereocenters. The first-order valence-electron chi connectivity index (χ1n) is 9.36. The lowest BCUT2D eigenvalue weighted by Gasteiger charge is -2.19. The number of hydrogen-bond acceptors (Lipinski definition) is 4. The van der Waals surface area contributed by atoms with Crippen LogP contribution in [0, 0.1) is 0 Å². The fourth-order valence-electron chi connectivity index (χ4n) is 3.06. The third kappa shape index (κ3) is 5.06. The highest BCUT2D eigenvalue weighted by Crippen LogP contribution is 2.33. The van der Waals surface area contributed by atoms with E-state index < -0.39 is 0 Å². The highest BCUT2D eigenvalue weighted by Gasteiger charge is 2.06. The van der Waals surface area contributed by atoms with E-state index in [9.17, 15) is 0 Å². The van der Waals surface area contributed by atoms with E-state index in [4.69, 9.17) is 11.6 Å². The highest BCUT2D eigenvalue weighted by molar-refractivity contribution is 6.30. The minimum Gasteiger partial charge on any atom is -0.383 e. The van der Waals surface area contributed by atoms with Crippen LogP contribution < -0.4 is 5.32 Å². The number of rotatable bonds is 8. The Morgan fingerprint density at radius 3 is 2.41 bits per heavy atom. The molecule has 0 saturated heterocycles. The average molecular weight is 381 g/mol. The molecular weight excluding hydrogens is 356 g/mol. The summed E-state index contributed by atoms with van der Waals surface area (Å²) in [5, 5.41) is 15.2. The van der Waals surface area contributed by atoms with Gasteiger partial charge in [0.05, 0.1) is 11.4 Å². The molecule has 0 aliphatic carbocycles. The third-order valence-corrected chi connectivity index (χ3v) is 4.86. The number of benzene rings is 3. The molecule has 0 bridgehead atoms. The van der Waals surface area contributed by atoms with Crippen molar-refractivity contribution in [2.24, 2.45) is 10.2 Å². The largest absolute Gasteiger partial charge is 0.383 e. The van der Waals surface area contributed by atoms with Gasteiger partial charge in [0, 0.05) is 34.6 Å². The smallest absolute Gasteiger partial charge is 0.0936 e. The Bertz CT molecular complexity index is 919. The zero-order valence-electron chi connectivity index (χ0n) is 15.8. The van der Waals surface area contributed by atoms with Crippen LogP contribution in [0.1, 0.15) is 13.8 Å². The molecule has 0 aliphatic heterocycles. The van der Waals surface area contributed by atoms with E-state index in [-0.39, 0.29) is 0 Å². The molecule has 140 valence electrons. The monoisotopic (exact) mass is 380 g/mol. The first-order valence-corrected chi connectivity index (χ1v) is 9.74. The summed E-state index contributed by atoms with van der Waals surface area (Å²) in [5.74, 6) is 0. The van der Waals surface area contributed by atoms with Gasteiger partial charge in [-0.25, -0.2) is 0 Å². The molecule has 0 amide bonds. The van der Waals surface area contributed by atoms with Crippen LogP contribution in [0.3, 0.4) is 0 Å². The van der Waals surface area contributed by atoms with Crippen molar-refractivity contribution < 1.29 is 0 Å². The Morgan fingerprint density at radius 2 is 1.67 bits per heavy atom. The number of likely N-dealkylation sites (N-methyl/N-ethyl adjacent to an activating group) is 1. The summed E-state index contributed by atoms with van der Waals surface area (Å²) in [6.45, 7) is 8.47. The van der Waals surface area contributed by atoms with Crippen molar-refractivity contribution in [3.8, 4) is 0 Å². The van der Waals surface area contributed by atoms with Gasteiger partial charge in [-0.05, 0) is 43.4 Å². The van der Waals surface area contributed by atoms with Crippen LogP contribution in [0.2, 0.25) is 5.02 Å². The standard InChI is InChI=1S/C22H25ClN4/c1-3-27(4-2)15-14-24-21-12-13-22(20-11-6-5-10-19(20)21)26-25-18-9-7-8-17(23)16-18/h5-13,16,24H,3-4,14-15H2,1-2H3/b26-25+. The quantitative estimate of drug-likeness (QED) is 0.443. The molecule has 0 spiro atoms. The van der Waals surface area contributed by atoms with E-state index in [1.807, 2.05) is 30.3 Å². The third-order valence-electron chi connectivity index (χ3n) is 4.62. The fraction of sp³-hybridized carbons (Fsp3) is 0.273. The zero-order valence-corrected chi connectivity index (χ0v) is 16.6. The Morgan fingerprint density at radius 1 is 0.889 bits per heavy atom. The maximum absolute atomic E-state index is 6.02. The lowest BCUT2D eigenvalue weighted by molar-refractivity contribution is 0.316. The number of nitrogens with zero attached hydrogens (tertiary/aromatic N) is 3. The summed E-state index contributed by atoms with van der Waals surface area (Å²) in [4.78, 5) is 2.41. The summed E-state index contributed by atoms with van der Waals surface area (Å²) in [6, 6.07) is 19.8. The molecule has 5 heteroatoms. The molecule has 1 N–H and O–H groups in total. The predicted octanol–water partition coefficient (Wildman–Crippen LogP) is 6.66. The molecule has 0 saturated carbocycles. The second-order valence-electron chi connectivity index (χ2n) is 6.31. The van der Waals surface area contributed by atoms with Crippen molar-refractivity contribution in [2.75, 3.05) is 31.5 Å². The SMILES string of the molecule is CCN(CC)CCNc1ccc(/N=N/c2cccc(Cl)c2)c2ccccc12. The van der Waals surface area contributed by atoms with Gasteiger partial charge in [0.15, 0.2) is 0 Å². The molecule has 3 rings (SSSR count). The van der Waals surface area contributed by atoms with E-state index in [1.165, 1.54) is 0 Å². The Hall–Kier alpha value is -2.43. The molecule has 4 nitrogen and oxygen atoms in total. The van der Waals surface area contributed by atoms with Crippen molar-refractivity contribution >= 4 is 39.4 Å². The molecule has 0 unspecified atom stereocenters. The normalized spacial score (nSPS) is 11.6. The van der Waals surface area contributed by atoms with Gasteiger partial charge in [0.25, 0.3) is 0 Å². The second-order valence-corrected chi connectivity index (χ2v) is 6.75. The fourth-order valence-corrected chi connectivity index (χ4v) is 3.25. The lowest BCUT2D eigenvalue weighted by Crippen LogP contribution is -2.28. The van der Waals surface area contributed by atoms with E-state index in [0.29, 0.717) is 5.02 Å². The van der Waals surface area contributed by atoms with Crippen molar-refractivity contribution in [3.05, 3.63) is 65.7 Å². The summed E-state index contributed by atoms with van der Waals surface area (Å²) in [5.41, 5.74) is 2.72. The second kappa shape index (κ2) is 9.49. The summed E-state index contributed by atoms with van der Waals surface area (Å²) >= 11 is 6.02. The number of fused-ring (bicyclic) bond motifs is 1. The Balaban J connectivity index is 1.82. The van der Waals surface area contributed by atoms with Crippen LogP contribution in [0.5, 0.6) is 0 Å². The molecule has 27 heavy (non-hydrogen) atoms.